The summed E-state index contributed by atoms with van der Waals surface area (Å²) in [5, 5.41) is 0. The number of benzene rings is 1. The Morgan fingerprint density at radius 2 is 2.14 bits per heavy atom. The molecule has 0 aliphatic rings. The van der Waals surface area contributed by atoms with E-state index in [1.54, 1.807) is 0 Å². The summed E-state index contributed by atoms with van der Waals surface area (Å²) in [5.74, 6) is 1.28. The van der Waals surface area contributed by atoms with E-state index < -0.39 is 0 Å². The van der Waals surface area contributed by atoms with E-state index in [2.05, 4.69) is 38.1 Å². The van der Waals surface area contributed by atoms with Crippen LogP contribution in [0.15, 0.2) is 24.3 Å². The lowest BCUT2D eigenvalue weighted by atomic mass is 9.94. The van der Waals surface area contributed by atoms with Crippen LogP contribution in [0.4, 0.5) is 0 Å². The van der Waals surface area contributed by atoms with Gasteiger partial charge in [0.2, 0.25) is 0 Å². The minimum Gasteiger partial charge on any atom is -0.126 e. The third kappa shape index (κ3) is 3.34. The van der Waals surface area contributed by atoms with Gasteiger partial charge in [0.05, 0.1) is 0 Å². The van der Waals surface area contributed by atoms with Crippen LogP contribution >= 0.6 is 11.6 Å². The molecule has 0 radical (unpaired) electrons. The summed E-state index contributed by atoms with van der Waals surface area (Å²) in [6.07, 6.45) is 3.73. The van der Waals surface area contributed by atoms with Crippen LogP contribution in [0, 0.1) is 6.92 Å². The van der Waals surface area contributed by atoms with Gasteiger partial charge in [-0.05, 0) is 24.8 Å². The van der Waals surface area contributed by atoms with Gasteiger partial charge in [0.1, 0.15) is 0 Å². The molecule has 1 unspecified atom stereocenters. The summed E-state index contributed by atoms with van der Waals surface area (Å²) in [6, 6.07) is 8.70. The number of hydrogen-bond donors (Lipinski definition) is 0. The van der Waals surface area contributed by atoms with Crippen molar-refractivity contribution >= 4 is 11.6 Å². The molecule has 1 aromatic carbocycles. The maximum absolute atomic E-state index is 5.99. The fourth-order valence-corrected chi connectivity index (χ4v) is 2.04. The van der Waals surface area contributed by atoms with Gasteiger partial charge in [-0.3, -0.25) is 0 Å². The highest BCUT2D eigenvalue weighted by Gasteiger charge is 2.09. The fraction of sp³-hybridized carbons (Fsp3) is 0.538. The maximum Gasteiger partial charge on any atom is 0.0292 e. The molecule has 1 heteroatoms. The van der Waals surface area contributed by atoms with E-state index in [0.717, 1.165) is 5.88 Å². The molecule has 0 saturated carbocycles. The van der Waals surface area contributed by atoms with E-state index in [1.807, 2.05) is 0 Å². The lowest BCUT2D eigenvalue weighted by Crippen LogP contribution is -2.00. The molecule has 0 nitrogen and oxygen atoms in total. The number of halogens is 1. The molecule has 14 heavy (non-hydrogen) atoms. The molecule has 1 rings (SSSR count). The van der Waals surface area contributed by atoms with Crippen LogP contribution in [-0.2, 0) is 0 Å². The quantitative estimate of drug-likeness (QED) is 0.628. The molecule has 1 atom stereocenters. The molecule has 0 spiro atoms. The van der Waals surface area contributed by atoms with Gasteiger partial charge in [0.25, 0.3) is 0 Å². The summed E-state index contributed by atoms with van der Waals surface area (Å²) in [6.45, 7) is 4.36. The van der Waals surface area contributed by atoms with Crippen molar-refractivity contribution in [3.63, 3.8) is 0 Å². The van der Waals surface area contributed by atoms with Crippen molar-refractivity contribution in [2.45, 2.75) is 39.0 Å². The monoisotopic (exact) mass is 210 g/mol. The Bertz CT molecular complexity index is 268. The average molecular weight is 211 g/mol. The smallest absolute Gasteiger partial charge is 0.0292 e. The van der Waals surface area contributed by atoms with Crippen LogP contribution in [0.2, 0.25) is 0 Å². The first-order valence-corrected chi connectivity index (χ1v) is 5.94. The zero-order valence-electron chi connectivity index (χ0n) is 9.09. The molecule has 78 valence electrons. The molecular weight excluding hydrogens is 192 g/mol. The third-order valence-corrected chi connectivity index (χ3v) is 2.98. The molecule has 0 aliphatic heterocycles. The van der Waals surface area contributed by atoms with Crippen LogP contribution in [0.3, 0.4) is 0 Å². The Kier molecular flexibility index (Phi) is 5.03. The van der Waals surface area contributed by atoms with Gasteiger partial charge in [-0.1, -0.05) is 49.6 Å². The van der Waals surface area contributed by atoms with Crippen molar-refractivity contribution in [3.8, 4) is 0 Å². The van der Waals surface area contributed by atoms with Gasteiger partial charge in [-0.15, -0.1) is 11.6 Å². The van der Waals surface area contributed by atoms with Gasteiger partial charge >= 0.3 is 0 Å². The van der Waals surface area contributed by atoms with Crippen molar-refractivity contribution in [3.05, 3.63) is 35.4 Å². The number of aryl methyl sites for hydroxylation is 1. The number of hydrogen-bond acceptors (Lipinski definition) is 0. The molecule has 0 fully saturated rings. The second-order valence-corrected chi connectivity index (χ2v) is 4.22. The molecule has 0 heterocycles. The Balaban J connectivity index is 2.68. The highest BCUT2D eigenvalue weighted by molar-refractivity contribution is 6.18. The first-order valence-electron chi connectivity index (χ1n) is 5.40. The summed E-state index contributed by atoms with van der Waals surface area (Å²) >= 11 is 5.99. The predicted molar refractivity (Wildman–Crippen MR) is 64.2 cm³/mol. The molecule has 0 bridgehead atoms. The maximum atomic E-state index is 5.99. The van der Waals surface area contributed by atoms with Crippen LogP contribution in [0.25, 0.3) is 0 Å². The van der Waals surface area contributed by atoms with Crippen LogP contribution in [0.5, 0.6) is 0 Å². The van der Waals surface area contributed by atoms with Crippen LogP contribution < -0.4 is 0 Å². The van der Waals surface area contributed by atoms with E-state index in [-0.39, 0.29) is 0 Å². The Labute approximate surface area is 92.3 Å². The topological polar surface area (TPSA) is 0 Å². The minimum atomic E-state index is 0.538. The zero-order valence-corrected chi connectivity index (χ0v) is 9.85. The molecule has 1 aromatic rings. The summed E-state index contributed by atoms with van der Waals surface area (Å²) in [7, 11) is 0. The van der Waals surface area contributed by atoms with Crippen LogP contribution in [-0.4, -0.2) is 5.88 Å². The van der Waals surface area contributed by atoms with Gasteiger partial charge < -0.3 is 0 Å². The zero-order chi connectivity index (χ0) is 10.4. The highest BCUT2D eigenvalue weighted by atomic mass is 35.5. The van der Waals surface area contributed by atoms with Crippen LogP contribution in [0.1, 0.15) is 43.2 Å². The Morgan fingerprint density at radius 1 is 1.36 bits per heavy atom. The van der Waals surface area contributed by atoms with Gasteiger partial charge in [0.15, 0.2) is 0 Å². The van der Waals surface area contributed by atoms with E-state index in [4.69, 9.17) is 11.6 Å². The number of alkyl halides is 1. The molecule has 0 amide bonds. The van der Waals surface area contributed by atoms with Gasteiger partial charge in [-0.25, -0.2) is 0 Å². The lowest BCUT2D eigenvalue weighted by molar-refractivity contribution is 0.628. The van der Waals surface area contributed by atoms with Gasteiger partial charge in [0, 0.05) is 5.88 Å². The molecule has 0 aliphatic carbocycles. The first-order chi connectivity index (χ1) is 6.77. The number of unbranched alkanes of at least 4 members (excludes halogenated alkanes) is 1. The predicted octanol–water partition coefficient (Wildman–Crippen LogP) is 4.51. The summed E-state index contributed by atoms with van der Waals surface area (Å²) in [4.78, 5) is 0. The standard InChI is InChI=1S/C13H19Cl/c1-3-4-7-13(10-14)12-8-5-6-11(2)9-12/h5-6,8-9,13H,3-4,7,10H2,1-2H3. The average Bonchev–Trinajstić information content (AvgIpc) is 2.19. The summed E-state index contributed by atoms with van der Waals surface area (Å²) < 4.78 is 0. The van der Waals surface area contributed by atoms with E-state index >= 15 is 0 Å². The van der Waals surface area contributed by atoms with Crippen molar-refractivity contribution < 1.29 is 0 Å². The Hall–Kier alpha value is -0.490. The number of rotatable bonds is 5. The van der Waals surface area contributed by atoms with E-state index in [1.165, 1.54) is 30.4 Å². The normalized spacial score (nSPS) is 12.8. The van der Waals surface area contributed by atoms with Gasteiger partial charge in [-0.2, -0.15) is 0 Å². The highest BCUT2D eigenvalue weighted by Crippen LogP contribution is 2.24. The minimum absolute atomic E-state index is 0.538. The first kappa shape index (κ1) is 11.6. The molecule has 0 aromatic heterocycles. The summed E-state index contributed by atoms with van der Waals surface area (Å²) in [5.41, 5.74) is 2.72. The second kappa shape index (κ2) is 6.08. The van der Waals surface area contributed by atoms with Crippen molar-refractivity contribution in [2.24, 2.45) is 0 Å². The third-order valence-electron chi connectivity index (χ3n) is 2.61. The fourth-order valence-electron chi connectivity index (χ4n) is 1.71. The van der Waals surface area contributed by atoms with Crippen molar-refractivity contribution in [2.75, 3.05) is 5.88 Å². The van der Waals surface area contributed by atoms with Crippen molar-refractivity contribution in [1.82, 2.24) is 0 Å². The Morgan fingerprint density at radius 3 is 2.71 bits per heavy atom. The lowest BCUT2D eigenvalue weighted by Gasteiger charge is -2.14. The molecular formula is C13H19Cl. The van der Waals surface area contributed by atoms with E-state index in [0.29, 0.717) is 5.92 Å². The molecule has 0 N–H and O–H groups in total. The second-order valence-electron chi connectivity index (χ2n) is 3.91. The van der Waals surface area contributed by atoms with Crippen molar-refractivity contribution in [1.29, 1.82) is 0 Å². The molecule has 0 saturated heterocycles. The largest absolute Gasteiger partial charge is 0.126 e. The van der Waals surface area contributed by atoms with E-state index in [9.17, 15) is 0 Å². The SMILES string of the molecule is CCCCC(CCl)c1cccc(C)c1.